The Labute approximate surface area is 116 Å². The molecule has 1 unspecified atom stereocenters. The Balaban J connectivity index is 2.10. The highest BCUT2D eigenvalue weighted by Crippen LogP contribution is 2.35. The van der Waals surface area contributed by atoms with E-state index >= 15 is 0 Å². The Bertz CT molecular complexity index is 568. The van der Waals surface area contributed by atoms with Gasteiger partial charge in [-0.1, -0.05) is 24.3 Å². The summed E-state index contributed by atoms with van der Waals surface area (Å²) in [6.07, 6.45) is 2.33. The lowest BCUT2D eigenvalue weighted by Crippen LogP contribution is -2.33. The third-order valence-corrected chi connectivity index (χ3v) is 3.91. The molecule has 0 amide bonds. The minimum Gasteiger partial charge on any atom is -0.323 e. The van der Waals surface area contributed by atoms with Gasteiger partial charge >= 0.3 is 0 Å². The predicted octanol–water partition coefficient (Wildman–Crippen LogP) is 4.32. The van der Waals surface area contributed by atoms with E-state index in [1.165, 1.54) is 17.7 Å². The Hall–Kier alpha value is -1.35. The number of pyridine rings is 1. The standard InChI is InChI=1S/C15H15BrN2/c1-11-9-10-12-5-2-3-6-13(12)18(11)15-8-4-7-14(16)17-15/h2-8,11H,9-10H2,1H3. The number of hydrogen-bond acceptors (Lipinski definition) is 2. The molecule has 0 saturated heterocycles. The summed E-state index contributed by atoms with van der Waals surface area (Å²) in [5, 5.41) is 0. The van der Waals surface area contributed by atoms with Crippen LogP contribution in [0.15, 0.2) is 47.1 Å². The third-order valence-electron chi connectivity index (χ3n) is 3.47. The number of fused-ring (bicyclic) bond motifs is 1. The molecule has 18 heavy (non-hydrogen) atoms. The summed E-state index contributed by atoms with van der Waals surface area (Å²) in [4.78, 5) is 6.93. The van der Waals surface area contributed by atoms with Gasteiger partial charge in [-0.05, 0) is 59.5 Å². The van der Waals surface area contributed by atoms with Crippen molar-refractivity contribution in [3.8, 4) is 0 Å². The SMILES string of the molecule is CC1CCc2ccccc2N1c1cccc(Br)n1. The van der Waals surface area contributed by atoms with E-state index in [0.29, 0.717) is 6.04 Å². The number of rotatable bonds is 1. The number of para-hydroxylation sites is 1. The van der Waals surface area contributed by atoms with E-state index in [4.69, 9.17) is 0 Å². The molecule has 1 aromatic heterocycles. The zero-order valence-corrected chi connectivity index (χ0v) is 11.9. The molecule has 1 atom stereocenters. The summed E-state index contributed by atoms with van der Waals surface area (Å²) in [5.41, 5.74) is 2.71. The van der Waals surface area contributed by atoms with Crippen LogP contribution in [0.2, 0.25) is 0 Å². The van der Waals surface area contributed by atoms with E-state index in [1.54, 1.807) is 0 Å². The van der Waals surface area contributed by atoms with Gasteiger partial charge in [-0.3, -0.25) is 0 Å². The van der Waals surface area contributed by atoms with E-state index in [9.17, 15) is 0 Å². The Morgan fingerprint density at radius 3 is 2.83 bits per heavy atom. The maximum Gasteiger partial charge on any atom is 0.134 e. The predicted molar refractivity (Wildman–Crippen MR) is 78.3 cm³/mol. The van der Waals surface area contributed by atoms with Gasteiger partial charge in [-0.25, -0.2) is 4.98 Å². The van der Waals surface area contributed by atoms with Gasteiger partial charge in [0.2, 0.25) is 0 Å². The van der Waals surface area contributed by atoms with Gasteiger partial charge in [-0.2, -0.15) is 0 Å². The molecule has 2 nitrogen and oxygen atoms in total. The van der Waals surface area contributed by atoms with Crippen LogP contribution in [0.5, 0.6) is 0 Å². The monoisotopic (exact) mass is 302 g/mol. The van der Waals surface area contributed by atoms with Crippen LogP contribution in [0.4, 0.5) is 11.5 Å². The summed E-state index contributed by atoms with van der Waals surface area (Å²) < 4.78 is 0.884. The Morgan fingerprint density at radius 2 is 2.00 bits per heavy atom. The van der Waals surface area contributed by atoms with Crippen LogP contribution in [0.25, 0.3) is 0 Å². The average molecular weight is 303 g/mol. The summed E-state index contributed by atoms with van der Waals surface area (Å²) in [7, 11) is 0. The molecule has 2 aromatic rings. The van der Waals surface area contributed by atoms with E-state index in [0.717, 1.165) is 16.8 Å². The summed E-state index contributed by atoms with van der Waals surface area (Å²) in [5.74, 6) is 1.02. The minimum atomic E-state index is 0.488. The van der Waals surface area contributed by atoms with Crippen LogP contribution in [-0.4, -0.2) is 11.0 Å². The molecular weight excluding hydrogens is 288 g/mol. The number of halogens is 1. The van der Waals surface area contributed by atoms with Crippen LogP contribution >= 0.6 is 15.9 Å². The molecule has 3 rings (SSSR count). The number of aromatic nitrogens is 1. The molecule has 1 aliphatic rings. The highest BCUT2D eigenvalue weighted by molar-refractivity contribution is 9.10. The number of aryl methyl sites for hydroxylation is 1. The molecule has 0 aliphatic carbocycles. The van der Waals surface area contributed by atoms with Crippen molar-refractivity contribution in [2.75, 3.05) is 4.90 Å². The average Bonchev–Trinajstić information content (AvgIpc) is 2.38. The first-order valence-electron chi connectivity index (χ1n) is 6.25. The molecule has 1 aliphatic heterocycles. The van der Waals surface area contributed by atoms with Crippen molar-refractivity contribution >= 4 is 27.4 Å². The fourth-order valence-corrected chi connectivity index (χ4v) is 2.90. The smallest absolute Gasteiger partial charge is 0.134 e. The maximum atomic E-state index is 4.59. The summed E-state index contributed by atoms with van der Waals surface area (Å²) in [6.45, 7) is 2.26. The van der Waals surface area contributed by atoms with E-state index in [1.807, 2.05) is 12.1 Å². The number of nitrogens with zero attached hydrogens (tertiary/aromatic N) is 2. The summed E-state index contributed by atoms with van der Waals surface area (Å²) >= 11 is 3.45. The molecule has 92 valence electrons. The van der Waals surface area contributed by atoms with Crippen LogP contribution in [-0.2, 0) is 6.42 Å². The Morgan fingerprint density at radius 1 is 1.17 bits per heavy atom. The minimum absolute atomic E-state index is 0.488. The lowest BCUT2D eigenvalue weighted by atomic mass is 9.96. The zero-order chi connectivity index (χ0) is 12.5. The van der Waals surface area contributed by atoms with Crippen LogP contribution in [0.1, 0.15) is 18.9 Å². The lowest BCUT2D eigenvalue weighted by Gasteiger charge is -2.36. The quantitative estimate of drug-likeness (QED) is 0.730. The third kappa shape index (κ3) is 2.03. The van der Waals surface area contributed by atoms with Crippen molar-refractivity contribution in [2.45, 2.75) is 25.8 Å². The van der Waals surface area contributed by atoms with Gasteiger partial charge in [0.25, 0.3) is 0 Å². The van der Waals surface area contributed by atoms with E-state index in [2.05, 4.69) is 63.1 Å². The lowest BCUT2D eigenvalue weighted by molar-refractivity contribution is 0.613. The van der Waals surface area contributed by atoms with Gasteiger partial charge in [0.15, 0.2) is 0 Å². The largest absolute Gasteiger partial charge is 0.323 e. The van der Waals surface area contributed by atoms with E-state index < -0.39 is 0 Å². The van der Waals surface area contributed by atoms with Gasteiger partial charge in [-0.15, -0.1) is 0 Å². The van der Waals surface area contributed by atoms with Gasteiger partial charge in [0.05, 0.1) is 0 Å². The molecule has 2 heterocycles. The fraction of sp³-hybridized carbons (Fsp3) is 0.267. The normalized spacial score (nSPS) is 18.6. The molecule has 0 saturated carbocycles. The van der Waals surface area contributed by atoms with Crippen LogP contribution < -0.4 is 4.90 Å². The highest BCUT2D eigenvalue weighted by atomic mass is 79.9. The molecule has 1 aromatic carbocycles. The van der Waals surface area contributed by atoms with Crippen molar-refractivity contribution in [1.29, 1.82) is 0 Å². The van der Waals surface area contributed by atoms with Crippen molar-refractivity contribution in [3.05, 3.63) is 52.6 Å². The second-order valence-electron chi connectivity index (χ2n) is 4.70. The van der Waals surface area contributed by atoms with Gasteiger partial charge in [0.1, 0.15) is 10.4 Å². The van der Waals surface area contributed by atoms with Crippen LogP contribution in [0.3, 0.4) is 0 Å². The van der Waals surface area contributed by atoms with Crippen molar-refractivity contribution in [3.63, 3.8) is 0 Å². The van der Waals surface area contributed by atoms with Crippen molar-refractivity contribution in [1.82, 2.24) is 4.98 Å². The molecule has 0 N–H and O–H groups in total. The molecule has 0 fully saturated rings. The molecule has 0 radical (unpaired) electrons. The first-order chi connectivity index (χ1) is 8.75. The van der Waals surface area contributed by atoms with E-state index in [-0.39, 0.29) is 0 Å². The second kappa shape index (κ2) is 4.73. The molecular formula is C15H15BrN2. The molecule has 0 spiro atoms. The second-order valence-corrected chi connectivity index (χ2v) is 5.52. The number of anilines is 2. The zero-order valence-electron chi connectivity index (χ0n) is 10.3. The Kier molecular flexibility index (Phi) is 3.08. The van der Waals surface area contributed by atoms with Crippen LogP contribution in [0, 0.1) is 0 Å². The topological polar surface area (TPSA) is 16.1 Å². The fourth-order valence-electron chi connectivity index (χ4n) is 2.57. The first kappa shape index (κ1) is 11.7. The van der Waals surface area contributed by atoms with Gasteiger partial charge in [0, 0.05) is 11.7 Å². The van der Waals surface area contributed by atoms with Crippen molar-refractivity contribution in [2.24, 2.45) is 0 Å². The first-order valence-corrected chi connectivity index (χ1v) is 7.05. The maximum absolute atomic E-state index is 4.59. The van der Waals surface area contributed by atoms with Gasteiger partial charge < -0.3 is 4.90 Å². The molecule has 3 heteroatoms. The highest BCUT2D eigenvalue weighted by Gasteiger charge is 2.24. The number of benzene rings is 1. The number of hydrogen-bond donors (Lipinski definition) is 0. The van der Waals surface area contributed by atoms with Crippen molar-refractivity contribution < 1.29 is 0 Å². The summed E-state index contributed by atoms with van der Waals surface area (Å²) in [6, 6.07) is 15.2. The molecule has 0 bridgehead atoms.